The van der Waals surface area contributed by atoms with Crippen molar-refractivity contribution in [3.8, 4) is 23.0 Å². The van der Waals surface area contributed by atoms with E-state index in [0.717, 1.165) is 22.6 Å². The largest absolute Gasteiger partial charge is 0.497 e. The highest BCUT2D eigenvalue weighted by Crippen LogP contribution is 2.22. The van der Waals surface area contributed by atoms with Crippen molar-refractivity contribution in [2.24, 2.45) is 0 Å². The lowest BCUT2D eigenvalue weighted by Crippen LogP contribution is -2.01. The number of nitrogens with zero attached hydrogens (tertiary/aromatic N) is 5. The first-order chi connectivity index (χ1) is 15.1. The van der Waals surface area contributed by atoms with Crippen LogP contribution in [-0.4, -0.2) is 32.0 Å². The van der Waals surface area contributed by atoms with Gasteiger partial charge in [-0.25, -0.2) is 0 Å². The van der Waals surface area contributed by atoms with Gasteiger partial charge in [0.05, 0.1) is 12.0 Å². The van der Waals surface area contributed by atoms with E-state index in [-0.39, 0.29) is 5.69 Å². The standard InChI is InChI=1S/C21H19N5O5/c1-29-18-3-2-4-19(11-18)30-14-15-5-7-16(8-6-15)21-24-23-20(31-21)9-10-25-13-17(12-22-25)26(27)28/h2-8,11-13H,9-10,14H2,1H3. The fourth-order valence-electron chi connectivity index (χ4n) is 2.85. The summed E-state index contributed by atoms with van der Waals surface area (Å²) in [5.74, 6) is 2.30. The number of nitro groups is 1. The topological polar surface area (TPSA) is 118 Å². The first-order valence-corrected chi connectivity index (χ1v) is 9.46. The molecule has 0 aliphatic rings. The molecule has 0 aliphatic heterocycles. The average Bonchev–Trinajstić information content (AvgIpc) is 3.47. The number of methoxy groups -OCH3 is 1. The Morgan fingerprint density at radius 2 is 1.94 bits per heavy atom. The molecule has 10 nitrogen and oxygen atoms in total. The molecule has 0 unspecified atom stereocenters. The van der Waals surface area contributed by atoms with E-state index in [2.05, 4.69) is 15.3 Å². The van der Waals surface area contributed by atoms with Crippen molar-refractivity contribution in [1.29, 1.82) is 0 Å². The minimum atomic E-state index is -0.486. The summed E-state index contributed by atoms with van der Waals surface area (Å²) in [6.45, 7) is 0.814. The van der Waals surface area contributed by atoms with Gasteiger partial charge in [-0.15, -0.1) is 10.2 Å². The van der Waals surface area contributed by atoms with E-state index in [0.29, 0.717) is 31.4 Å². The second kappa shape index (κ2) is 9.08. The summed E-state index contributed by atoms with van der Waals surface area (Å²) in [6.07, 6.45) is 2.99. The van der Waals surface area contributed by atoms with Crippen molar-refractivity contribution in [2.75, 3.05) is 7.11 Å². The number of rotatable bonds is 9. The first kappa shape index (κ1) is 20.1. The van der Waals surface area contributed by atoms with Crippen molar-refractivity contribution in [3.05, 3.63) is 82.5 Å². The molecule has 4 aromatic rings. The highest BCUT2D eigenvalue weighted by atomic mass is 16.6. The van der Waals surface area contributed by atoms with Crippen molar-refractivity contribution >= 4 is 5.69 Å². The van der Waals surface area contributed by atoms with Crippen molar-refractivity contribution in [2.45, 2.75) is 19.6 Å². The second-order valence-corrected chi connectivity index (χ2v) is 6.63. The highest BCUT2D eigenvalue weighted by Gasteiger charge is 2.12. The summed E-state index contributed by atoms with van der Waals surface area (Å²) in [7, 11) is 1.62. The molecule has 10 heteroatoms. The molecule has 4 rings (SSSR count). The first-order valence-electron chi connectivity index (χ1n) is 9.46. The quantitative estimate of drug-likeness (QED) is 0.297. The zero-order valence-electron chi connectivity index (χ0n) is 16.7. The Hall–Kier alpha value is -4.21. The van der Waals surface area contributed by atoms with E-state index in [1.165, 1.54) is 17.1 Å². The van der Waals surface area contributed by atoms with Gasteiger partial charge < -0.3 is 13.9 Å². The van der Waals surface area contributed by atoms with Gasteiger partial charge in [0.25, 0.3) is 0 Å². The van der Waals surface area contributed by atoms with Crippen LogP contribution in [0, 0.1) is 10.1 Å². The fraction of sp³-hybridized carbons (Fsp3) is 0.190. The molecule has 0 radical (unpaired) electrons. The lowest BCUT2D eigenvalue weighted by Gasteiger charge is -2.08. The molecule has 0 saturated carbocycles. The monoisotopic (exact) mass is 421 g/mol. The van der Waals surface area contributed by atoms with Gasteiger partial charge in [0.1, 0.15) is 30.5 Å². The molecule has 2 aromatic heterocycles. The van der Waals surface area contributed by atoms with Crippen molar-refractivity contribution < 1.29 is 18.8 Å². The van der Waals surface area contributed by atoms with Gasteiger partial charge in [0.2, 0.25) is 11.8 Å². The molecule has 0 amide bonds. The van der Waals surface area contributed by atoms with E-state index >= 15 is 0 Å². The maximum absolute atomic E-state index is 10.7. The number of hydrogen-bond acceptors (Lipinski definition) is 8. The van der Waals surface area contributed by atoms with Crippen LogP contribution in [0.2, 0.25) is 0 Å². The molecule has 0 saturated heterocycles. The van der Waals surface area contributed by atoms with Gasteiger partial charge in [-0.3, -0.25) is 14.8 Å². The van der Waals surface area contributed by atoms with E-state index in [4.69, 9.17) is 13.9 Å². The van der Waals surface area contributed by atoms with Gasteiger partial charge in [-0.05, 0) is 29.8 Å². The molecule has 0 N–H and O–H groups in total. The maximum Gasteiger partial charge on any atom is 0.306 e. The third-order valence-electron chi connectivity index (χ3n) is 4.50. The smallest absolute Gasteiger partial charge is 0.306 e. The maximum atomic E-state index is 10.7. The number of aromatic nitrogens is 4. The second-order valence-electron chi connectivity index (χ2n) is 6.63. The Balaban J connectivity index is 1.33. The highest BCUT2D eigenvalue weighted by molar-refractivity contribution is 5.53. The Bertz CT molecular complexity index is 1170. The molecular formula is C21H19N5O5. The van der Waals surface area contributed by atoms with Gasteiger partial charge in [0.15, 0.2) is 0 Å². The Kier molecular flexibility index (Phi) is 5.88. The van der Waals surface area contributed by atoms with Crippen LogP contribution in [0.4, 0.5) is 5.69 Å². The van der Waals surface area contributed by atoms with Crippen LogP contribution >= 0.6 is 0 Å². The molecule has 0 aliphatic carbocycles. The summed E-state index contributed by atoms with van der Waals surface area (Å²) in [5, 5.41) is 22.8. The Morgan fingerprint density at radius 3 is 2.68 bits per heavy atom. The van der Waals surface area contributed by atoms with E-state index in [1.807, 2.05) is 48.5 Å². The van der Waals surface area contributed by atoms with Gasteiger partial charge in [-0.1, -0.05) is 18.2 Å². The predicted molar refractivity (Wildman–Crippen MR) is 110 cm³/mol. The SMILES string of the molecule is COc1cccc(OCc2ccc(-c3nnc(CCn4cc([N+](=O)[O-])cn4)o3)cc2)c1. The number of hydrogen-bond donors (Lipinski definition) is 0. The summed E-state index contributed by atoms with van der Waals surface area (Å²) in [5.41, 5.74) is 1.73. The lowest BCUT2D eigenvalue weighted by molar-refractivity contribution is -0.385. The van der Waals surface area contributed by atoms with Crippen LogP contribution in [0.25, 0.3) is 11.5 Å². The van der Waals surface area contributed by atoms with E-state index < -0.39 is 4.92 Å². The number of benzene rings is 2. The minimum absolute atomic E-state index is 0.0540. The van der Waals surface area contributed by atoms with Crippen LogP contribution < -0.4 is 9.47 Å². The predicted octanol–water partition coefficient (Wildman–Crippen LogP) is 3.67. The minimum Gasteiger partial charge on any atom is -0.497 e. The van der Waals surface area contributed by atoms with Crippen LogP contribution in [0.3, 0.4) is 0 Å². The van der Waals surface area contributed by atoms with Crippen LogP contribution in [0.5, 0.6) is 11.5 Å². The van der Waals surface area contributed by atoms with Crippen molar-refractivity contribution in [1.82, 2.24) is 20.0 Å². The van der Waals surface area contributed by atoms with Gasteiger partial charge in [0, 0.05) is 24.6 Å². The Labute approximate surface area is 177 Å². The number of ether oxygens (including phenoxy) is 2. The van der Waals surface area contributed by atoms with E-state index in [1.54, 1.807) is 7.11 Å². The third-order valence-corrected chi connectivity index (χ3v) is 4.50. The zero-order chi connectivity index (χ0) is 21.6. The van der Waals surface area contributed by atoms with Gasteiger partial charge >= 0.3 is 5.69 Å². The molecule has 158 valence electrons. The fourth-order valence-corrected chi connectivity index (χ4v) is 2.85. The Morgan fingerprint density at radius 1 is 1.13 bits per heavy atom. The summed E-state index contributed by atoms with van der Waals surface area (Å²) in [4.78, 5) is 10.2. The molecular weight excluding hydrogens is 402 g/mol. The summed E-state index contributed by atoms with van der Waals surface area (Å²) >= 11 is 0. The molecule has 2 heterocycles. The molecule has 0 fully saturated rings. The van der Waals surface area contributed by atoms with Crippen LogP contribution in [-0.2, 0) is 19.6 Å². The van der Waals surface area contributed by atoms with Crippen LogP contribution in [0.15, 0.2) is 65.3 Å². The van der Waals surface area contributed by atoms with E-state index in [9.17, 15) is 10.1 Å². The molecule has 0 bridgehead atoms. The molecule has 31 heavy (non-hydrogen) atoms. The summed E-state index contributed by atoms with van der Waals surface area (Å²) < 4.78 is 18.2. The summed E-state index contributed by atoms with van der Waals surface area (Å²) in [6, 6.07) is 15.1. The number of aryl methyl sites for hydroxylation is 2. The molecule has 0 spiro atoms. The normalized spacial score (nSPS) is 10.7. The average molecular weight is 421 g/mol. The van der Waals surface area contributed by atoms with Gasteiger partial charge in [-0.2, -0.15) is 5.10 Å². The third kappa shape index (κ3) is 5.04. The molecule has 0 atom stereocenters. The van der Waals surface area contributed by atoms with Crippen molar-refractivity contribution in [3.63, 3.8) is 0 Å². The van der Waals surface area contributed by atoms with Crippen LogP contribution in [0.1, 0.15) is 11.5 Å². The lowest BCUT2D eigenvalue weighted by atomic mass is 10.1. The molecule has 2 aromatic carbocycles. The zero-order valence-corrected chi connectivity index (χ0v) is 16.7.